The molecule has 1 aliphatic heterocycles. The molecule has 0 amide bonds. The van der Waals surface area contributed by atoms with Gasteiger partial charge in [-0.2, -0.15) is 0 Å². The Hall–Kier alpha value is 0.540. The third-order valence-corrected chi connectivity index (χ3v) is 1.81. The molecule has 0 aromatic rings. The molecule has 0 saturated carbocycles. The zero-order valence-electron chi connectivity index (χ0n) is 4.44. The quantitative estimate of drug-likeness (QED) is 0.526. The molecule has 1 rings (SSSR count). The largest absolute Gasteiger partial charge is 0.375 e. The molecule has 0 spiro atoms. The van der Waals surface area contributed by atoms with Crippen LogP contribution in [0.2, 0.25) is 0 Å². The standard InChI is InChI=1S/C5H8Cl2O/c6-5(7)4-2-1-3-8-4/h4-5H,1-3H2. The van der Waals surface area contributed by atoms with Crippen LogP contribution in [0.25, 0.3) is 0 Å². The highest BCUT2D eigenvalue weighted by Crippen LogP contribution is 2.21. The Morgan fingerprint density at radius 3 is 2.50 bits per heavy atom. The summed E-state index contributed by atoms with van der Waals surface area (Å²) in [5, 5.41) is 0. The predicted molar refractivity (Wildman–Crippen MR) is 34.5 cm³/mol. The van der Waals surface area contributed by atoms with E-state index >= 15 is 0 Å². The number of rotatable bonds is 1. The molecule has 0 radical (unpaired) electrons. The van der Waals surface area contributed by atoms with Gasteiger partial charge in [-0.15, -0.1) is 23.2 Å². The zero-order valence-corrected chi connectivity index (χ0v) is 5.95. The Bertz CT molecular complexity index is 68.8. The molecule has 48 valence electrons. The molecule has 8 heavy (non-hydrogen) atoms. The van der Waals surface area contributed by atoms with Crippen LogP contribution in [0, 0.1) is 0 Å². The van der Waals surface area contributed by atoms with Gasteiger partial charge >= 0.3 is 0 Å². The Morgan fingerprint density at radius 1 is 1.50 bits per heavy atom. The summed E-state index contributed by atoms with van der Waals surface area (Å²) in [4.78, 5) is -0.336. The Labute approximate surface area is 58.9 Å². The number of ether oxygens (including phenoxy) is 1. The molecular formula is C5H8Cl2O. The van der Waals surface area contributed by atoms with Gasteiger partial charge in [-0.3, -0.25) is 0 Å². The molecule has 1 atom stereocenters. The van der Waals surface area contributed by atoms with Crippen molar-refractivity contribution in [2.75, 3.05) is 6.61 Å². The summed E-state index contributed by atoms with van der Waals surface area (Å²) in [6.07, 6.45) is 2.21. The lowest BCUT2D eigenvalue weighted by molar-refractivity contribution is 0.121. The maximum atomic E-state index is 5.52. The molecule has 1 aliphatic rings. The zero-order chi connectivity index (χ0) is 5.98. The van der Waals surface area contributed by atoms with E-state index in [1.54, 1.807) is 0 Å². The van der Waals surface area contributed by atoms with E-state index in [9.17, 15) is 0 Å². The molecule has 0 aromatic carbocycles. The summed E-state index contributed by atoms with van der Waals surface area (Å²) in [5.41, 5.74) is 0. The number of halogens is 2. The fraction of sp³-hybridized carbons (Fsp3) is 1.00. The number of hydrogen-bond acceptors (Lipinski definition) is 1. The van der Waals surface area contributed by atoms with E-state index in [2.05, 4.69) is 0 Å². The highest BCUT2D eigenvalue weighted by atomic mass is 35.5. The summed E-state index contributed by atoms with van der Waals surface area (Å²) >= 11 is 11.0. The molecule has 1 nitrogen and oxygen atoms in total. The van der Waals surface area contributed by atoms with Gasteiger partial charge in [0.2, 0.25) is 0 Å². The third-order valence-electron chi connectivity index (χ3n) is 1.25. The van der Waals surface area contributed by atoms with Crippen molar-refractivity contribution in [1.29, 1.82) is 0 Å². The van der Waals surface area contributed by atoms with Crippen molar-refractivity contribution in [2.45, 2.75) is 23.8 Å². The van der Waals surface area contributed by atoms with Crippen molar-refractivity contribution in [2.24, 2.45) is 0 Å². The van der Waals surface area contributed by atoms with Crippen molar-refractivity contribution in [3.05, 3.63) is 0 Å². The average Bonchev–Trinajstić information content (AvgIpc) is 2.12. The SMILES string of the molecule is ClC(Cl)C1CCCO1. The minimum absolute atomic E-state index is 0.0957. The first-order chi connectivity index (χ1) is 3.80. The topological polar surface area (TPSA) is 9.23 Å². The Balaban J connectivity index is 2.24. The van der Waals surface area contributed by atoms with Gasteiger partial charge in [-0.25, -0.2) is 0 Å². The lowest BCUT2D eigenvalue weighted by Gasteiger charge is -2.07. The van der Waals surface area contributed by atoms with Gasteiger partial charge in [0.1, 0.15) is 4.84 Å². The first-order valence-electron chi connectivity index (χ1n) is 2.70. The second-order valence-corrected chi connectivity index (χ2v) is 3.05. The molecule has 0 N–H and O–H groups in total. The Kier molecular flexibility index (Phi) is 2.42. The maximum Gasteiger partial charge on any atom is 0.133 e. The monoisotopic (exact) mass is 154 g/mol. The van der Waals surface area contributed by atoms with Gasteiger partial charge in [-0.05, 0) is 12.8 Å². The van der Waals surface area contributed by atoms with Crippen molar-refractivity contribution >= 4 is 23.2 Å². The van der Waals surface area contributed by atoms with Gasteiger partial charge in [0.25, 0.3) is 0 Å². The second kappa shape index (κ2) is 2.90. The predicted octanol–water partition coefficient (Wildman–Crippen LogP) is 1.97. The molecule has 0 aliphatic carbocycles. The van der Waals surface area contributed by atoms with Crippen molar-refractivity contribution in [3.8, 4) is 0 Å². The minimum atomic E-state index is -0.336. The molecule has 1 saturated heterocycles. The van der Waals surface area contributed by atoms with Crippen LogP contribution < -0.4 is 0 Å². The van der Waals surface area contributed by atoms with Gasteiger partial charge in [-0.1, -0.05) is 0 Å². The fourth-order valence-corrected chi connectivity index (χ4v) is 1.20. The van der Waals surface area contributed by atoms with E-state index in [0.717, 1.165) is 19.4 Å². The maximum absolute atomic E-state index is 5.52. The lowest BCUT2D eigenvalue weighted by Crippen LogP contribution is -2.13. The van der Waals surface area contributed by atoms with E-state index in [1.807, 2.05) is 0 Å². The van der Waals surface area contributed by atoms with Crippen LogP contribution in [0.3, 0.4) is 0 Å². The summed E-state index contributed by atoms with van der Waals surface area (Å²) in [6.45, 7) is 0.820. The normalized spacial score (nSPS) is 29.6. The summed E-state index contributed by atoms with van der Waals surface area (Å²) in [5.74, 6) is 0. The third kappa shape index (κ3) is 1.51. The number of alkyl halides is 2. The molecule has 1 heterocycles. The van der Waals surface area contributed by atoms with E-state index in [0.29, 0.717) is 0 Å². The average molecular weight is 155 g/mol. The van der Waals surface area contributed by atoms with Crippen LogP contribution in [-0.4, -0.2) is 17.5 Å². The number of hydrogen-bond donors (Lipinski definition) is 0. The van der Waals surface area contributed by atoms with Crippen molar-refractivity contribution < 1.29 is 4.74 Å². The van der Waals surface area contributed by atoms with Crippen LogP contribution in [0.5, 0.6) is 0 Å². The van der Waals surface area contributed by atoms with Crippen LogP contribution in [0.15, 0.2) is 0 Å². The smallest absolute Gasteiger partial charge is 0.133 e. The van der Waals surface area contributed by atoms with Crippen LogP contribution in [-0.2, 0) is 4.74 Å². The van der Waals surface area contributed by atoms with Gasteiger partial charge in [0, 0.05) is 6.61 Å². The highest BCUT2D eigenvalue weighted by molar-refractivity contribution is 6.44. The molecule has 1 fully saturated rings. The van der Waals surface area contributed by atoms with E-state index in [-0.39, 0.29) is 10.9 Å². The molecule has 0 aromatic heterocycles. The van der Waals surface area contributed by atoms with Crippen molar-refractivity contribution in [1.82, 2.24) is 0 Å². The second-order valence-electron chi connectivity index (χ2n) is 1.89. The first kappa shape index (κ1) is 6.66. The van der Waals surface area contributed by atoms with Crippen LogP contribution in [0.4, 0.5) is 0 Å². The van der Waals surface area contributed by atoms with E-state index in [1.165, 1.54) is 0 Å². The molecule has 0 bridgehead atoms. The molecule has 3 heteroatoms. The molecular weight excluding hydrogens is 147 g/mol. The van der Waals surface area contributed by atoms with Gasteiger partial charge in [0.05, 0.1) is 6.10 Å². The molecule has 1 unspecified atom stereocenters. The van der Waals surface area contributed by atoms with Gasteiger partial charge < -0.3 is 4.74 Å². The summed E-state index contributed by atoms with van der Waals surface area (Å²) in [6, 6.07) is 0. The Morgan fingerprint density at radius 2 is 2.25 bits per heavy atom. The van der Waals surface area contributed by atoms with Crippen molar-refractivity contribution in [3.63, 3.8) is 0 Å². The fourth-order valence-electron chi connectivity index (χ4n) is 0.801. The van der Waals surface area contributed by atoms with Gasteiger partial charge in [0.15, 0.2) is 0 Å². The minimum Gasteiger partial charge on any atom is -0.375 e. The summed E-state index contributed by atoms with van der Waals surface area (Å²) in [7, 11) is 0. The van der Waals surface area contributed by atoms with E-state index < -0.39 is 0 Å². The van der Waals surface area contributed by atoms with Crippen LogP contribution >= 0.6 is 23.2 Å². The van der Waals surface area contributed by atoms with E-state index in [4.69, 9.17) is 27.9 Å². The summed E-state index contributed by atoms with van der Waals surface area (Å²) < 4.78 is 5.15. The first-order valence-corrected chi connectivity index (χ1v) is 3.58. The highest BCUT2D eigenvalue weighted by Gasteiger charge is 2.21. The van der Waals surface area contributed by atoms with Crippen LogP contribution in [0.1, 0.15) is 12.8 Å². The lowest BCUT2D eigenvalue weighted by atomic mass is 10.3.